The second kappa shape index (κ2) is 8.91. The first-order valence-corrected chi connectivity index (χ1v) is 8.79. The fourth-order valence-corrected chi connectivity index (χ4v) is 3.90. The first-order chi connectivity index (χ1) is 11.6. The molecule has 24 heavy (non-hydrogen) atoms. The van der Waals surface area contributed by atoms with Crippen LogP contribution in [-0.4, -0.2) is 45.2 Å². The van der Waals surface area contributed by atoms with Crippen molar-refractivity contribution in [3.63, 3.8) is 0 Å². The number of methoxy groups -OCH3 is 1. The van der Waals surface area contributed by atoms with Crippen LogP contribution in [0.5, 0.6) is 0 Å². The highest BCUT2D eigenvalue weighted by Crippen LogP contribution is 2.36. The molecule has 7 nitrogen and oxygen atoms in total. The molecular formula is C16H23N3O4S. The van der Waals surface area contributed by atoms with Crippen LogP contribution in [0.1, 0.15) is 42.8 Å². The molecule has 132 valence electrons. The van der Waals surface area contributed by atoms with Crippen molar-refractivity contribution in [1.82, 2.24) is 14.8 Å². The van der Waals surface area contributed by atoms with E-state index >= 15 is 0 Å². The van der Waals surface area contributed by atoms with E-state index in [0.29, 0.717) is 19.0 Å². The molecule has 8 heteroatoms. The predicted octanol–water partition coefficient (Wildman–Crippen LogP) is 2.29. The van der Waals surface area contributed by atoms with Crippen molar-refractivity contribution in [2.24, 2.45) is 0 Å². The Labute approximate surface area is 144 Å². The van der Waals surface area contributed by atoms with Crippen molar-refractivity contribution in [2.45, 2.75) is 45.3 Å². The Balaban J connectivity index is 0.000000647. The van der Waals surface area contributed by atoms with E-state index in [2.05, 4.69) is 15.5 Å². The molecule has 0 aromatic carbocycles. The third kappa shape index (κ3) is 4.19. The minimum Gasteiger partial charge on any atom is -0.483 e. The Morgan fingerprint density at radius 3 is 2.83 bits per heavy atom. The fourth-order valence-electron chi connectivity index (χ4n) is 2.75. The van der Waals surface area contributed by atoms with Gasteiger partial charge in [0.1, 0.15) is 6.10 Å². The number of rotatable bonds is 5. The van der Waals surface area contributed by atoms with Gasteiger partial charge in [-0.15, -0.1) is 11.3 Å². The average Bonchev–Trinajstić information content (AvgIpc) is 3.17. The van der Waals surface area contributed by atoms with Crippen molar-refractivity contribution < 1.29 is 19.7 Å². The Morgan fingerprint density at radius 2 is 2.17 bits per heavy atom. The lowest BCUT2D eigenvalue weighted by Gasteiger charge is -2.13. The summed E-state index contributed by atoms with van der Waals surface area (Å²) in [6.45, 7) is 2.69. The van der Waals surface area contributed by atoms with Gasteiger partial charge >= 0.3 is 0 Å². The second-order valence-electron chi connectivity index (χ2n) is 5.57. The van der Waals surface area contributed by atoms with Gasteiger partial charge in [0, 0.05) is 7.11 Å². The number of carbonyl (C=O) groups is 1. The number of aliphatic hydroxyl groups is 1. The van der Waals surface area contributed by atoms with Gasteiger partial charge in [-0.3, -0.25) is 4.79 Å². The van der Waals surface area contributed by atoms with Gasteiger partial charge < -0.3 is 14.9 Å². The summed E-state index contributed by atoms with van der Waals surface area (Å²) in [5.74, 6) is 1.36. The number of ether oxygens (including phenoxy) is 1. The lowest BCUT2D eigenvalue weighted by molar-refractivity contribution is -0.122. The van der Waals surface area contributed by atoms with E-state index in [4.69, 9.17) is 14.6 Å². The van der Waals surface area contributed by atoms with Crippen LogP contribution < -0.4 is 0 Å². The number of hydrogen-bond acceptors (Lipinski definition) is 6. The van der Waals surface area contributed by atoms with Crippen molar-refractivity contribution in [3.8, 4) is 10.7 Å². The molecule has 2 N–H and O–H groups in total. The van der Waals surface area contributed by atoms with Crippen LogP contribution >= 0.6 is 11.3 Å². The van der Waals surface area contributed by atoms with Crippen LogP contribution in [0.4, 0.5) is 0 Å². The minimum absolute atomic E-state index is 0.250. The van der Waals surface area contributed by atoms with Gasteiger partial charge in [0.05, 0.1) is 18.0 Å². The Morgan fingerprint density at radius 1 is 1.46 bits per heavy atom. The van der Waals surface area contributed by atoms with E-state index in [1.165, 1.54) is 35.3 Å². The summed E-state index contributed by atoms with van der Waals surface area (Å²) in [4.78, 5) is 14.1. The Bertz CT molecular complexity index is 666. The maximum atomic E-state index is 9.76. The number of fused-ring (bicyclic) bond motifs is 1. The van der Waals surface area contributed by atoms with E-state index in [-0.39, 0.29) is 6.47 Å². The molecule has 0 radical (unpaired) electrons. The summed E-state index contributed by atoms with van der Waals surface area (Å²) >= 11 is 1.75. The van der Waals surface area contributed by atoms with Gasteiger partial charge in [0.15, 0.2) is 11.6 Å². The van der Waals surface area contributed by atoms with Crippen LogP contribution in [0.25, 0.3) is 10.7 Å². The molecule has 0 spiro atoms. The Hall–Kier alpha value is -1.77. The van der Waals surface area contributed by atoms with Crippen LogP contribution in [0.15, 0.2) is 5.38 Å². The molecule has 1 unspecified atom stereocenters. The third-order valence-corrected chi connectivity index (χ3v) is 4.94. The zero-order valence-electron chi connectivity index (χ0n) is 13.9. The van der Waals surface area contributed by atoms with Crippen LogP contribution in [0, 0.1) is 0 Å². The number of carboxylic acid groups (broad SMARTS) is 1. The molecule has 1 aliphatic carbocycles. The van der Waals surface area contributed by atoms with Crippen molar-refractivity contribution >= 4 is 17.8 Å². The van der Waals surface area contributed by atoms with Gasteiger partial charge in [-0.05, 0) is 49.1 Å². The molecule has 2 aromatic rings. The summed E-state index contributed by atoms with van der Waals surface area (Å²) in [7, 11) is 1.68. The van der Waals surface area contributed by atoms with E-state index < -0.39 is 6.10 Å². The zero-order chi connectivity index (χ0) is 17.5. The maximum absolute atomic E-state index is 9.76. The van der Waals surface area contributed by atoms with Crippen LogP contribution in [0.2, 0.25) is 0 Å². The molecule has 0 aliphatic heterocycles. The third-order valence-electron chi connectivity index (χ3n) is 3.88. The van der Waals surface area contributed by atoms with E-state index in [0.717, 1.165) is 12.2 Å². The van der Waals surface area contributed by atoms with Crippen molar-refractivity contribution in [2.75, 3.05) is 13.7 Å². The first kappa shape index (κ1) is 18.6. The summed E-state index contributed by atoms with van der Waals surface area (Å²) in [5.41, 5.74) is 2.88. The molecule has 0 bridgehead atoms. The average molecular weight is 353 g/mol. The molecule has 0 saturated heterocycles. The topological polar surface area (TPSA) is 97.5 Å². The molecule has 1 atom stereocenters. The summed E-state index contributed by atoms with van der Waals surface area (Å²) < 4.78 is 7.02. The van der Waals surface area contributed by atoms with Gasteiger partial charge in [-0.25, -0.2) is 9.67 Å². The van der Waals surface area contributed by atoms with Crippen LogP contribution in [0.3, 0.4) is 0 Å². The molecule has 2 heterocycles. The highest BCUT2D eigenvalue weighted by atomic mass is 32.1. The molecule has 0 saturated carbocycles. The predicted molar refractivity (Wildman–Crippen MR) is 91.2 cm³/mol. The highest BCUT2D eigenvalue weighted by Gasteiger charge is 2.22. The second-order valence-corrected chi connectivity index (χ2v) is 6.45. The smallest absolute Gasteiger partial charge is 0.290 e. The minimum atomic E-state index is -0.650. The van der Waals surface area contributed by atoms with Crippen molar-refractivity contribution in [1.29, 1.82) is 0 Å². The number of nitrogens with zero attached hydrogens (tertiary/aromatic N) is 3. The summed E-state index contributed by atoms with van der Waals surface area (Å²) in [6, 6.07) is 0. The maximum Gasteiger partial charge on any atom is 0.290 e. The molecule has 0 amide bonds. The summed E-state index contributed by atoms with van der Waals surface area (Å²) in [5, 5.41) is 23.3. The zero-order valence-corrected chi connectivity index (χ0v) is 14.8. The highest BCUT2D eigenvalue weighted by molar-refractivity contribution is 7.13. The van der Waals surface area contributed by atoms with E-state index in [9.17, 15) is 5.11 Å². The number of thiophene rings is 1. The quantitative estimate of drug-likeness (QED) is 0.801. The molecule has 1 aliphatic rings. The molecule has 2 aromatic heterocycles. The monoisotopic (exact) mass is 353 g/mol. The first-order valence-electron chi connectivity index (χ1n) is 7.91. The van der Waals surface area contributed by atoms with Gasteiger partial charge in [-0.1, -0.05) is 0 Å². The fraction of sp³-hybridized carbons (Fsp3) is 0.562. The molecule has 0 fully saturated rings. The van der Waals surface area contributed by atoms with Gasteiger partial charge in [0.2, 0.25) is 0 Å². The number of aliphatic hydroxyl groups excluding tert-OH is 1. The Kier molecular flexibility index (Phi) is 6.89. The van der Waals surface area contributed by atoms with Gasteiger partial charge in [-0.2, -0.15) is 5.10 Å². The number of aromatic nitrogens is 3. The van der Waals surface area contributed by atoms with E-state index in [1.54, 1.807) is 25.4 Å². The molecule has 3 rings (SSSR count). The number of hydrogen-bond donors (Lipinski definition) is 2. The van der Waals surface area contributed by atoms with Crippen molar-refractivity contribution in [3.05, 3.63) is 22.3 Å². The van der Waals surface area contributed by atoms with E-state index in [1.807, 2.05) is 4.68 Å². The largest absolute Gasteiger partial charge is 0.483 e. The molecular weight excluding hydrogens is 330 g/mol. The lowest BCUT2D eigenvalue weighted by Crippen LogP contribution is -2.09. The standard InChI is InChI=1S/C15H21N3O2S.CH2O2/c1-10(19)14-16-15(18(17-14)7-8-20-2)13-12-6-4-3-5-11(12)9-21-13;2-1-3/h9-10,19H,3-8H2,1-2H3;1H,(H,2,3). The summed E-state index contributed by atoms with van der Waals surface area (Å²) in [6.07, 6.45) is 4.16. The normalized spacial score (nSPS) is 14.5. The number of aryl methyl sites for hydroxylation is 1. The lowest BCUT2D eigenvalue weighted by atomic mass is 9.94. The SMILES string of the molecule is COCCn1nc(C(C)O)nc1-c1scc2c1CCCC2.O=CO. The van der Waals surface area contributed by atoms with Gasteiger partial charge in [0.25, 0.3) is 6.47 Å². The van der Waals surface area contributed by atoms with Crippen LogP contribution in [-0.2, 0) is 28.9 Å².